The summed E-state index contributed by atoms with van der Waals surface area (Å²) in [5.41, 5.74) is 0.475. The van der Waals surface area contributed by atoms with Gasteiger partial charge in [-0.1, -0.05) is 30.7 Å². The Morgan fingerprint density at radius 2 is 1.69 bits per heavy atom. The van der Waals surface area contributed by atoms with Gasteiger partial charge in [-0.15, -0.1) is 6.42 Å². The maximum absolute atomic E-state index is 13.2. The molecule has 0 saturated carbocycles. The van der Waals surface area contributed by atoms with Crippen LogP contribution in [0, 0.1) is 18.3 Å². The first-order valence-corrected chi connectivity index (χ1v) is 10.2. The summed E-state index contributed by atoms with van der Waals surface area (Å²) in [6.07, 6.45) is 2.77. The number of hydrogen-bond acceptors (Lipinski definition) is 2. The minimum Gasteiger partial charge on any atom is -0.435 e. The molecule has 1 aliphatic heterocycles. The second-order valence-electron chi connectivity index (χ2n) is 8.04. The van der Waals surface area contributed by atoms with E-state index in [0.29, 0.717) is 31.5 Å². The molecule has 0 bridgehead atoms. The normalized spacial score (nSPS) is 17.0. The fourth-order valence-corrected chi connectivity index (χ4v) is 4.19. The van der Waals surface area contributed by atoms with Crippen molar-refractivity contribution in [2.24, 2.45) is 5.92 Å². The second kappa shape index (κ2) is 9.23. The SMILES string of the molecule is C#CC(C)(c1cccc(C(F)(F)F)c1)C1CCN(C(=C)c2ccc(OC(F)F)cc2)CC1. The molecule has 32 heavy (non-hydrogen) atoms. The van der Waals surface area contributed by atoms with Crippen LogP contribution in [-0.2, 0) is 11.6 Å². The Labute approximate surface area is 184 Å². The van der Waals surface area contributed by atoms with E-state index in [2.05, 4.69) is 22.1 Å². The quantitative estimate of drug-likeness (QED) is 0.365. The van der Waals surface area contributed by atoms with Crippen molar-refractivity contribution in [3.05, 3.63) is 71.8 Å². The van der Waals surface area contributed by atoms with E-state index >= 15 is 0 Å². The van der Waals surface area contributed by atoms with Crippen LogP contribution < -0.4 is 4.74 Å². The van der Waals surface area contributed by atoms with E-state index in [-0.39, 0.29) is 11.7 Å². The van der Waals surface area contributed by atoms with Gasteiger partial charge in [-0.25, -0.2) is 0 Å². The average Bonchev–Trinajstić information content (AvgIpc) is 2.78. The minimum absolute atomic E-state index is 0.00171. The van der Waals surface area contributed by atoms with Gasteiger partial charge in [0.05, 0.1) is 11.0 Å². The molecule has 1 atom stereocenters. The van der Waals surface area contributed by atoms with Gasteiger partial charge in [-0.05, 0) is 67.1 Å². The lowest BCUT2D eigenvalue weighted by molar-refractivity contribution is -0.137. The molecule has 3 rings (SSSR count). The standard InChI is InChI=1S/C25H24F5NO/c1-4-24(3,20-6-5-7-21(16-20)25(28,29)30)19-12-14-31(15-13-19)17(2)18-8-10-22(11-9-18)32-23(26)27/h1,5-11,16,19,23H,2,12-15H2,3H3. The summed E-state index contributed by atoms with van der Waals surface area (Å²) in [5, 5.41) is 0. The van der Waals surface area contributed by atoms with E-state index in [1.807, 2.05) is 6.92 Å². The zero-order valence-corrected chi connectivity index (χ0v) is 17.6. The van der Waals surface area contributed by atoms with Crippen molar-refractivity contribution in [1.29, 1.82) is 0 Å². The van der Waals surface area contributed by atoms with Gasteiger partial charge in [0.2, 0.25) is 0 Å². The van der Waals surface area contributed by atoms with Crippen molar-refractivity contribution in [3.63, 3.8) is 0 Å². The first-order valence-electron chi connectivity index (χ1n) is 10.2. The van der Waals surface area contributed by atoms with Gasteiger partial charge in [-0.2, -0.15) is 22.0 Å². The maximum atomic E-state index is 13.2. The topological polar surface area (TPSA) is 12.5 Å². The van der Waals surface area contributed by atoms with Crippen LogP contribution in [0.1, 0.15) is 36.5 Å². The van der Waals surface area contributed by atoms with Crippen LogP contribution >= 0.6 is 0 Å². The number of ether oxygens (including phenoxy) is 1. The van der Waals surface area contributed by atoms with Crippen molar-refractivity contribution >= 4 is 5.70 Å². The van der Waals surface area contributed by atoms with Crippen LogP contribution in [0.4, 0.5) is 22.0 Å². The molecule has 0 radical (unpaired) electrons. The Morgan fingerprint density at radius 1 is 1.09 bits per heavy atom. The number of rotatable bonds is 6. The van der Waals surface area contributed by atoms with E-state index in [4.69, 9.17) is 6.42 Å². The molecule has 1 unspecified atom stereocenters. The highest BCUT2D eigenvalue weighted by atomic mass is 19.4. The molecule has 1 saturated heterocycles. The number of alkyl halides is 5. The van der Waals surface area contributed by atoms with Crippen LogP contribution in [-0.4, -0.2) is 24.6 Å². The lowest BCUT2D eigenvalue weighted by Gasteiger charge is -2.41. The van der Waals surface area contributed by atoms with Gasteiger partial charge < -0.3 is 9.64 Å². The third-order valence-electron chi connectivity index (χ3n) is 6.20. The summed E-state index contributed by atoms with van der Waals surface area (Å²) < 4.78 is 68.5. The molecular weight excluding hydrogens is 425 g/mol. The van der Waals surface area contributed by atoms with Crippen LogP contribution in [0.25, 0.3) is 5.70 Å². The van der Waals surface area contributed by atoms with Crippen LogP contribution in [0.5, 0.6) is 5.75 Å². The second-order valence-corrected chi connectivity index (χ2v) is 8.04. The first kappa shape index (κ1) is 23.6. The molecule has 1 aliphatic rings. The van der Waals surface area contributed by atoms with E-state index in [1.165, 1.54) is 18.2 Å². The van der Waals surface area contributed by atoms with Crippen molar-refractivity contribution in [2.75, 3.05) is 13.1 Å². The summed E-state index contributed by atoms with van der Waals surface area (Å²) in [7, 11) is 0. The van der Waals surface area contributed by atoms with Crippen LogP contribution in [0.15, 0.2) is 55.1 Å². The summed E-state index contributed by atoms with van der Waals surface area (Å²) in [5.74, 6) is 2.83. The third kappa shape index (κ3) is 5.07. The van der Waals surface area contributed by atoms with Crippen LogP contribution in [0.3, 0.4) is 0 Å². The van der Waals surface area contributed by atoms with E-state index in [9.17, 15) is 22.0 Å². The fraction of sp³-hybridized carbons (Fsp3) is 0.360. The number of likely N-dealkylation sites (tertiary alicyclic amines) is 1. The summed E-state index contributed by atoms with van der Waals surface area (Å²) in [4.78, 5) is 2.07. The highest BCUT2D eigenvalue weighted by Crippen LogP contribution is 2.41. The molecule has 0 aromatic heterocycles. The molecule has 0 spiro atoms. The van der Waals surface area contributed by atoms with E-state index < -0.39 is 23.8 Å². The molecular formula is C25H24F5NO. The highest BCUT2D eigenvalue weighted by Gasteiger charge is 2.38. The lowest BCUT2D eigenvalue weighted by Crippen LogP contribution is -2.40. The zero-order chi connectivity index (χ0) is 23.5. The predicted octanol–water partition coefficient (Wildman–Crippen LogP) is 6.58. The third-order valence-corrected chi connectivity index (χ3v) is 6.20. The zero-order valence-electron chi connectivity index (χ0n) is 17.6. The molecule has 1 heterocycles. The van der Waals surface area contributed by atoms with Crippen molar-refractivity contribution in [2.45, 2.75) is 38.0 Å². The van der Waals surface area contributed by atoms with Gasteiger partial charge in [0.1, 0.15) is 5.75 Å². The molecule has 7 heteroatoms. The molecule has 1 fully saturated rings. The Kier molecular flexibility index (Phi) is 6.82. The van der Waals surface area contributed by atoms with Crippen molar-refractivity contribution in [3.8, 4) is 18.1 Å². The molecule has 0 N–H and O–H groups in total. The molecule has 2 nitrogen and oxygen atoms in total. The summed E-state index contributed by atoms with van der Waals surface area (Å²) in [6, 6.07) is 11.5. The minimum atomic E-state index is -4.43. The van der Waals surface area contributed by atoms with Crippen molar-refractivity contribution in [1.82, 2.24) is 4.90 Å². The summed E-state index contributed by atoms with van der Waals surface area (Å²) >= 11 is 0. The lowest BCUT2D eigenvalue weighted by atomic mass is 9.68. The Bertz CT molecular complexity index is 985. The van der Waals surface area contributed by atoms with E-state index in [1.54, 1.807) is 18.2 Å². The van der Waals surface area contributed by atoms with Gasteiger partial charge in [0.25, 0.3) is 0 Å². The highest BCUT2D eigenvalue weighted by molar-refractivity contribution is 5.62. The Morgan fingerprint density at radius 3 is 2.22 bits per heavy atom. The first-order chi connectivity index (χ1) is 15.0. The Balaban J connectivity index is 1.70. The molecule has 2 aromatic rings. The van der Waals surface area contributed by atoms with Gasteiger partial charge in [0.15, 0.2) is 0 Å². The molecule has 170 valence electrons. The fourth-order valence-electron chi connectivity index (χ4n) is 4.19. The number of halogens is 5. The van der Waals surface area contributed by atoms with Gasteiger partial charge >= 0.3 is 12.8 Å². The monoisotopic (exact) mass is 449 g/mol. The number of terminal acetylenes is 1. The smallest absolute Gasteiger partial charge is 0.416 e. The van der Waals surface area contributed by atoms with Crippen molar-refractivity contribution < 1.29 is 26.7 Å². The molecule has 0 amide bonds. The van der Waals surface area contributed by atoms with Gasteiger partial charge in [-0.3, -0.25) is 0 Å². The Hall–Kier alpha value is -3.01. The van der Waals surface area contributed by atoms with Gasteiger partial charge in [0, 0.05) is 18.8 Å². The predicted molar refractivity (Wildman–Crippen MR) is 114 cm³/mol. The van der Waals surface area contributed by atoms with E-state index in [0.717, 1.165) is 23.4 Å². The molecule has 2 aromatic carbocycles. The number of hydrogen-bond donors (Lipinski definition) is 0. The molecule has 0 aliphatic carbocycles. The number of piperidine rings is 1. The average molecular weight is 449 g/mol. The summed E-state index contributed by atoms with van der Waals surface area (Å²) in [6.45, 7) is 4.32. The van der Waals surface area contributed by atoms with Crippen LogP contribution in [0.2, 0.25) is 0 Å². The number of benzene rings is 2. The largest absolute Gasteiger partial charge is 0.435 e. The number of nitrogens with zero attached hydrogens (tertiary/aromatic N) is 1. The maximum Gasteiger partial charge on any atom is 0.416 e.